The number of thiocarbonyl (C=S) groups is 1. The number of aromatic amines is 1. The van der Waals surface area contributed by atoms with Crippen molar-refractivity contribution >= 4 is 33.9 Å². The van der Waals surface area contributed by atoms with Crippen LogP contribution in [0.2, 0.25) is 0 Å². The van der Waals surface area contributed by atoms with E-state index in [1.54, 1.807) is 0 Å². The van der Waals surface area contributed by atoms with E-state index in [0.29, 0.717) is 23.8 Å². The molecule has 1 atom stereocenters. The van der Waals surface area contributed by atoms with Gasteiger partial charge in [-0.1, -0.05) is 35.9 Å². The number of pyridine rings is 1. The summed E-state index contributed by atoms with van der Waals surface area (Å²) < 4.78 is 5.86. The molecule has 31 heavy (non-hydrogen) atoms. The number of benzene rings is 2. The Bertz CT molecular complexity index is 1170. The highest BCUT2D eigenvalue weighted by Gasteiger charge is 2.22. The van der Waals surface area contributed by atoms with Crippen molar-refractivity contribution in [2.24, 2.45) is 0 Å². The third-order valence-electron chi connectivity index (χ3n) is 5.88. The number of nitrogens with one attached hydrogen (secondary N) is 2. The minimum atomic E-state index is -0.0755. The van der Waals surface area contributed by atoms with Crippen LogP contribution in [0.5, 0.6) is 0 Å². The first-order valence-electron chi connectivity index (χ1n) is 10.8. The number of H-pyrrole nitrogens is 1. The molecule has 1 saturated heterocycles. The molecule has 2 N–H and O–H groups in total. The summed E-state index contributed by atoms with van der Waals surface area (Å²) in [7, 11) is 0. The van der Waals surface area contributed by atoms with Crippen LogP contribution in [0.4, 0.5) is 5.69 Å². The lowest BCUT2D eigenvalue weighted by atomic mass is 10.1. The lowest BCUT2D eigenvalue weighted by Gasteiger charge is -2.28. The summed E-state index contributed by atoms with van der Waals surface area (Å²) in [4.78, 5) is 18.0. The Labute approximate surface area is 188 Å². The zero-order valence-corrected chi connectivity index (χ0v) is 19.1. The number of nitrogens with zero attached hydrogens (tertiary/aromatic N) is 1. The van der Waals surface area contributed by atoms with Gasteiger partial charge in [0, 0.05) is 24.4 Å². The lowest BCUT2D eigenvalue weighted by molar-refractivity contribution is 0.0904. The number of anilines is 1. The van der Waals surface area contributed by atoms with Gasteiger partial charge in [-0.05, 0) is 74.5 Å². The average Bonchev–Trinajstić information content (AvgIpc) is 3.24. The number of hydrogen-bond donors (Lipinski definition) is 2. The van der Waals surface area contributed by atoms with Gasteiger partial charge in [-0.15, -0.1) is 0 Å². The summed E-state index contributed by atoms with van der Waals surface area (Å²) >= 11 is 5.79. The monoisotopic (exact) mass is 435 g/mol. The normalized spacial score (nSPS) is 15.9. The first-order chi connectivity index (χ1) is 14.9. The second-order valence-electron chi connectivity index (χ2n) is 8.43. The summed E-state index contributed by atoms with van der Waals surface area (Å²) in [5, 5.41) is 5.02. The summed E-state index contributed by atoms with van der Waals surface area (Å²) in [6.07, 6.45) is 2.20. The van der Waals surface area contributed by atoms with Crippen molar-refractivity contribution in [2.45, 2.75) is 46.3 Å². The lowest BCUT2D eigenvalue weighted by Crippen LogP contribution is -2.40. The Hall–Kier alpha value is -2.70. The van der Waals surface area contributed by atoms with Crippen LogP contribution in [0, 0.1) is 20.8 Å². The zero-order valence-electron chi connectivity index (χ0n) is 18.3. The van der Waals surface area contributed by atoms with E-state index in [-0.39, 0.29) is 11.7 Å². The number of ether oxygens (including phenoxy) is 1. The molecule has 0 aliphatic carbocycles. The van der Waals surface area contributed by atoms with Crippen LogP contribution in [0.15, 0.2) is 47.3 Å². The number of para-hydroxylation sites is 1. The van der Waals surface area contributed by atoms with Crippen molar-refractivity contribution in [3.8, 4) is 0 Å². The Morgan fingerprint density at radius 2 is 2.03 bits per heavy atom. The van der Waals surface area contributed by atoms with Crippen LogP contribution in [0.25, 0.3) is 10.9 Å². The molecule has 0 bridgehead atoms. The van der Waals surface area contributed by atoms with Crippen molar-refractivity contribution in [1.82, 2.24) is 9.88 Å². The number of fused-ring (bicyclic) bond motifs is 1. The summed E-state index contributed by atoms with van der Waals surface area (Å²) in [5.74, 6) is 0. The Morgan fingerprint density at radius 1 is 1.19 bits per heavy atom. The highest BCUT2D eigenvalue weighted by molar-refractivity contribution is 7.80. The van der Waals surface area contributed by atoms with E-state index < -0.39 is 0 Å². The number of aromatic nitrogens is 1. The molecule has 1 fully saturated rings. The van der Waals surface area contributed by atoms with Crippen molar-refractivity contribution in [3.05, 3.63) is 75.1 Å². The molecule has 4 rings (SSSR count). The summed E-state index contributed by atoms with van der Waals surface area (Å²) in [6, 6.07) is 14.3. The van der Waals surface area contributed by atoms with Gasteiger partial charge in [0.05, 0.1) is 18.2 Å². The van der Waals surface area contributed by atoms with E-state index in [1.807, 2.05) is 37.3 Å². The van der Waals surface area contributed by atoms with Gasteiger partial charge in [0.1, 0.15) is 0 Å². The van der Waals surface area contributed by atoms with Crippen molar-refractivity contribution in [2.75, 3.05) is 18.5 Å². The fourth-order valence-corrected chi connectivity index (χ4v) is 4.40. The summed E-state index contributed by atoms with van der Waals surface area (Å²) in [5.41, 5.74) is 5.90. The van der Waals surface area contributed by atoms with Gasteiger partial charge in [-0.2, -0.15) is 0 Å². The first kappa shape index (κ1) is 21.5. The Balaban J connectivity index is 1.61. The van der Waals surface area contributed by atoms with E-state index in [4.69, 9.17) is 17.0 Å². The van der Waals surface area contributed by atoms with Crippen LogP contribution >= 0.6 is 12.2 Å². The molecule has 0 amide bonds. The highest BCUT2D eigenvalue weighted by Crippen LogP contribution is 2.20. The van der Waals surface area contributed by atoms with E-state index in [2.05, 4.69) is 41.2 Å². The molecule has 0 saturated carbocycles. The third kappa shape index (κ3) is 4.97. The quantitative estimate of drug-likeness (QED) is 0.562. The predicted octanol–water partition coefficient (Wildman–Crippen LogP) is 4.83. The molecule has 1 aliphatic rings. The number of aryl methyl sites for hydroxylation is 3. The molecular weight excluding hydrogens is 406 g/mol. The van der Waals surface area contributed by atoms with Gasteiger partial charge >= 0.3 is 0 Å². The van der Waals surface area contributed by atoms with Gasteiger partial charge in [-0.3, -0.25) is 4.79 Å². The maximum absolute atomic E-state index is 12.9. The van der Waals surface area contributed by atoms with Crippen molar-refractivity contribution < 1.29 is 4.74 Å². The number of hydrogen-bond acceptors (Lipinski definition) is 3. The second-order valence-corrected chi connectivity index (χ2v) is 8.81. The maximum atomic E-state index is 12.9. The van der Waals surface area contributed by atoms with Crippen LogP contribution in [-0.2, 0) is 11.3 Å². The molecule has 3 aromatic rings. The Morgan fingerprint density at radius 3 is 2.77 bits per heavy atom. The van der Waals surface area contributed by atoms with Gasteiger partial charge in [0.2, 0.25) is 0 Å². The van der Waals surface area contributed by atoms with Crippen LogP contribution in [0.3, 0.4) is 0 Å². The molecule has 1 aliphatic heterocycles. The van der Waals surface area contributed by atoms with Crippen molar-refractivity contribution in [1.29, 1.82) is 0 Å². The van der Waals surface area contributed by atoms with Crippen LogP contribution in [-0.4, -0.2) is 34.3 Å². The smallest absolute Gasteiger partial charge is 0.253 e. The molecule has 5 nitrogen and oxygen atoms in total. The topological polar surface area (TPSA) is 57.4 Å². The standard InChI is InChI=1S/C25H29N3O2S/c1-16-9-10-22(18(3)12-16)26-25(31)28(15-21-8-5-11-30-21)14-20-13-19-7-4-6-17(2)23(19)27-24(20)29/h4,6-7,9-10,12-13,21H,5,8,11,14-15H2,1-3H3,(H,26,31)(H,27,29)/t21-/m0/s1. The molecule has 0 spiro atoms. The van der Waals surface area contributed by atoms with Crippen LogP contribution < -0.4 is 10.9 Å². The molecule has 2 aromatic carbocycles. The van der Waals surface area contributed by atoms with Gasteiger partial charge in [0.25, 0.3) is 5.56 Å². The SMILES string of the molecule is Cc1ccc(NC(=S)N(Cc2cc3cccc(C)c3[nH]c2=O)C[C@@H]2CCCO2)c(C)c1. The van der Waals surface area contributed by atoms with Crippen molar-refractivity contribution in [3.63, 3.8) is 0 Å². The molecule has 1 aromatic heterocycles. The largest absolute Gasteiger partial charge is 0.376 e. The fraction of sp³-hybridized carbons (Fsp3) is 0.360. The van der Waals surface area contributed by atoms with Gasteiger partial charge in [-0.25, -0.2) is 0 Å². The van der Waals surface area contributed by atoms with Gasteiger partial charge in [0.15, 0.2) is 5.11 Å². The van der Waals surface area contributed by atoms with E-state index in [1.165, 1.54) is 5.56 Å². The van der Waals surface area contributed by atoms with Crippen LogP contribution in [0.1, 0.15) is 35.1 Å². The first-order valence-corrected chi connectivity index (χ1v) is 11.2. The Kier molecular flexibility index (Phi) is 6.39. The average molecular weight is 436 g/mol. The minimum absolute atomic E-state index is 0.0755. The third-order valence-corrected chi connectivity index (χ3v) is 6.25. The van der Waals surface area contributed by atoms with Gasteiger partial charge < -0.3 is 19.9 Å². The molecule has 162 valence electrons. The van der Waals surface area contributed by atoms with E-state index in [9.17, 15) is 4.79 Å². The summed E-state index contributed by atoms with van der Waals surface area (Å²) in [6.45, 7) is 8.01. The fourth-order valence-electron chi connectivity index (χ4n) is 4.15. The molecule has 0 radical (unpaired) electrons. The van der Waals surface area contributed by atoms with E-state index >= 15 is 0 Å². The predicted molar refractivity (Wildman–Crippen MR) is 131 cm³/mol. The second kappa shape index (κ2) is 9.20. The maximum Gasteiger partial charge on any atom is 0.253 e. The highest BCUT2D eigenvalue weighted by atomic mass is 32.1. The molecule has 0 unspecified atom stereocenters. The van der Waals surface area contributed by atoms with E-state index in [0.717, 1.165) is 47.2 Å². The molecule has 6 heteroatoms. The molecular formula is C25H29N3O2S. The zero-order chi connectivity index (χ0) is 22.0. The minimum Gasteiger partial charge on any atom is -0.376 e. The molecule has 2 heterocycles. The number of rotatable bonds is 5.